The normalized spacial score (nSPS) is 17.0. The Labute approximate surface area is 102 Å². The first-order valence-electron chi connectivity index (χ1n) is 6.04. The SMILES string of the molecule is CNc1cc(NC2(CO)CC2)nc(C(C)C)n1. The number of aliphatic hydroxyl groups is 1. The number of anilines is 2. The number of rotatable bonds is 5. The highest BCUT2D eigenvalue weighted by Gasteiger charge is 2.42. The summed E-state index contributed by atoms with van der Waals surface area (Å²) in [4.78, 5) is 8.88. The van der Waals surface area contributed by atoms with Crippen LogP contribution in [0.1, 0.15) is 38.4 Å². The van der Waals surface area contributed by atoms with Gasteiger partial charge in [0.05, 0.1) is 12.1 Å². The topological polar surface area (TPSA) is 70.1 Å². The first-order valence-corrected chi connectivity index (χ1v) is 6.04. The van der Waals surface area contributed by atoms with E-state index in [1.807, 2.05) is 13.1 Å². The van der Waals surface area contributed by atoms with E-state index >= 15 is 0 Å². The van der Waals surface area contributed by atoms with E-state index in [1.54, 1.807) is 0 Å². The molecule has 3 N–H and O–H groups in total. The molecule has 0 radical (unpaired) electrons. The van der Waals surface area contributed by atoms with Crippen LogP contribution in [0.5, 0.6) is 0 Å². The highest BCUT2D eigenvalue weighted by molar-refractivity contribution is 5.50. The summed E-state index contributed by atoms with van der Waals surface area (Å²) in [6.45, 7) is 4.29. The Kier molecular flexibility index (Phi) is 3.19. The molecule has 1 aromatic heterocycles. The summed E-state index contributed by atoms with van der Waals surface area (Å²) in [5.74, 6) is 2.70. The number of aromatic nitrogens is 2. The molecule has 0 spiro atoms. The number of aliphatic hydroxyl groups excluding tert-OH is 1. The lowest BCUT2D eigenvalue weighted by Gasteiger charge is -2.17. The maximum absolute atomic E-state index is 9.30. The van der Waals surface area contributed by atoms with Crippen LogP contribution in [-0.4, -0.2) is 34.3 Å². The molecule has 1 heterocycles. The van der Waals surface area contributed by atoms with Gasteiger partial charge in [0.1, 0.15) is 17.5 Å². The van der Waals surface area contributed by atoms with Crippen LogP contribution in [0.15, 0.2) is 6.07 Å². The molecule has 2 rings (SSSR count). The van der Waals surface area contributed by atoms with E-state index in [9.17, 15) is 5.11 Å². The fourth-order valence-electron chi connectivity index (χ4n) is 1.66. The van der Waals surface area contributed by atoms with Crippen molar-refractivity contribution in [2.75, 3.05) is 24.3 Å². The van der Waals surface area contributed by atoms with E-state index < -0.39 is 0 Å². The molecular weight excluding hydrogens is 216 g/mol. The van der Waals surface area contributed by atoms with Gasteiger partial charge in [-0.3, -0.25) is 0 Å². The molecular formula is C12H20N4O. The predicted molar refractivity (Wildman–Crippen MR) is 68.3 cm³/mol. The molecule has 17 heavy (non-hydrogen) atoms. The minimum atomic E-state index is -0.145. The van der Waals surface area contributed by atoms with Gasteiger partial charge in [-0.25, -0.2) is 9.97 Å². The summed E-state index contributed by atoms with van der Waals surface area (Å²) in [6, 6.07) is 1.88. The van der Waals surface area contributed by atoms with Crippen LogP contribution < -0.4 is 10.6 Å². The van der Waals surface area contributed by atoms with Gasteiger partial charge in [-0.15, -0.1) is 0 Å². The Balaban J connectivity index is 2.23. The highest BCUT2D eigenvalue weighted by Crippen LogP contribution is 2.38. The first-order chi connectivity index (χ1) is 8.08. The van der Waals surface area contributed by atoms with Crippen LogP contribution in [0.3, 0.4) is 0 Å². The van der Waals surface area contributed by atoms with Crippen molar-refractivity contribution in [1.29, 1.82) is 0 Å². The van der Waals surface area contributed by atoms with Gasteiger partial charge in [-0.1, -0.05) is 13.8 Å². The summed E-state index contributed by atoms with van der Waals surface area (Å²) in [5.41, 5.74) is -0.145. The Morgan fingerprint density at radius 2 is 2.00 bits per heavy atom. The van der Waals surface area contributed by atoms with Crippen molar-refractivity contribution in [2.45, 2.75) is 38.1 Å². The quantitative estimate of drug-likeness (QED) is 0.724. The fourth-order valence-corrected chi connectivity index (χ4v) is 1.66. The van der Waals surface area contributed by atoms with E-state index in [0.717, 1.165) is 30.3 Å². The number of nitrogens with one attached hydrogen (secondary N) is 2. The second-order valence-electron chi connectivity index (χ2n) is 4.96. The zero-order valence-corrected chi connectivity index (χ0v) is 10.6. The predicted octanol–water partition coefficient (Wildman–Crippen LogP) is 1.58. The zero-order valence-electron chi connectivity index (χ0n) is 10.6. The molecule has 1 aromatic rings. The van der Waals surface area contributed by atoms with E-state index in [0.29, 0.717) is 0 Å². The summed E-state index contributed by atoms with van der Waals surface area (Å²) < 4.78 is 0. The summed E-state index contributed by atoms with van der Waals surface area (Å²) in [6.07, 6.45) is 2.00. The van der Waals surface area contributed by atoms with Crippen LogP contribution in [-0.2, 0) is 0 Å². The van der Waals surface area contributed by atoms with Crippen molar-refractivity contribution in [3.05, 3.63) is 11.9 Å². The maximum atomic E-state index is 9.30. The van der Waals surface area contributed by atoms with Crippen LogP contribution in [0.4, 0.5) is 11.6 Å². The van der Waals surface area contributed by atoms with Gasteiger partial charge in [0.15, 0.2) is 0 Å². The Hall–Kier alpha value is -1.36. The van der Waals surface area contributed by atoms with Gasteiger partial charge in [0, 0.05) is 19.0 Å². The largest absolute Gasteiger partial charge is 0.394 e. The molecule has 0 aromatic carbocycles. The lowest BCUT2D eigenvalue weighted by atomic mass is 10.2. The Morgan fingerprint density at radius 3 is 2.47 bits per heavy atom. The number of hydrogen-bond acceptors (Lipinski definition) is 5. The summed E-state index contributed by atoms with van der Waals surface area (Å²) in [5, 5.41) is 15.6. The van der Waals surface area contributed by atoms with Gasteiger partial charge < -0.3 is 15.7 Å². The van der Waals surface area contributed by atoms with Crippen molar-refractivity contribution >= 4 is 11.6 Å². The molecule has 5 heteroatoms. The summed E-state index contributed by atoms with van der Waals surface area (Å²) in [7, 11) is 1.84. The smallest absolute Gasteiger partial charge is 0.135 e. The second-order valence-corrected chi connectivity index (χ2v) is 4.96. The molecule has 5 nitrogen and oxygen atoms in total. The molecule has 0 amide bonds. The zero-order chi connectivity index (χ0) is 12.5. The first kappa shape index (κ1) is 12.1. The van der Waals surface area contributed by atoms with Crippen LogP contribution >= 0.6 is 0 Å². The van der Waals surface area contributed by atoms with Gasteiger partial charge in [0.2, 0.25) is 0 Å². The minimum absolute atomic E-state index is 0.145. The average molecular weight is 236 g/mol. The average Bonchev–Trinajstić information content (AvgIpc) is 3.09. The molecule has 0 atom stereocenters. The molecule has 1 saturated carbocycles. The molecule has 1 aliphatic rings. The van der Waals surface area contributed by atoms with Crippen LogP contribution in [0, 0.1) is 0 Å². The third-order valence-electron chi connectivity index (χ3n) is 3.07. The van der Waals surface area contributed by atoms with Crippen molar-refractivity contribution in [2.24, 2.45) is 0 Å². The number of hydrogen-bond donors (Lipinski definition) is 3. The lowest BCUT2D eigenvalue weighted by Crippen LogP contribution is -2.26. The molecule has 0 unspecified atom stereocenters. The standard InChI is InChI=1S/C12H20N4O/c1-8(2)11-14-9(13-3)6-10(15-11)16-12(7-17)4-5-12/h6,8,17H,4-5,7H2,1-3H3,(H2,13,14,15,16). The van der Waals surface area contributed by atoms with Crippen molar-refractivity contribution < 1.29 is 5.11 Å². The molecule has 1 aliphatic carbocycles. The van der Waals surface area contributed by atoms with Gasteiger partial charge >= 0.3 is 0 Å². The fraction of sp³-hybridized carbons (Fsp3) is 0.667. The third kappa shape index (κ3) is 2.66. The van der Waals surface area contributed by atoms with Crippen molar-refractivity contribution in [3.8, 4) is 0 Å². The monoisotopic (exact) mass is 236 g/mol. The van der Waals surface area contributed by atoms with Crippen LogP contribution in [0.25, 0.3) is 0 Å². The van der Waals surface area contributed by atoms with E-state index in [4.69, 9.17) is 0 Å². The van der Waals surface area contributed by atoms with Gasteiger partial charge in [-0.05, 0) is 12.8 Å². The Morgan fingerprint density at radius 1 is 1.35 bits per heavy atom. The van der Waals surface area contributed by atoms with Crippen molar-refractivity contribution in [1.82, 2.24) is 9.97 Å². The molecule has 1 fully saturated rings. The number of nitrogens with zero attached hydrogens (tertiary/aromatic N) is 2. The second kappa shape index (κ2) is 4.49. The van der Waals surface area contributed by atoms with E-state index in [-0.39, 0.29) is 18.1 Å². The third-order valence-corrected chi connectivity index (χ3v) is 3.07. The van der Waals surface area contributed by atoms with Gasteiger partial charge in [0.25, 0.3) is 0 Å². The highest BCUT2D eigenvalue weighted by atomic mass is 16.3. The van der Waals surface area contributed by atoms with E-state index in [2.05, 4.69) is 34.4 Å². The molecule has 0 aliphatic heterocycles. The van der Waals surface area contributed by atoms with Crippen molar-refractivity contribution in [3.63, 3.8) is 0 Å². The molecule has 0 saturated heterocycles. The Bertz CT molecular complexity index is 401. The maximum Gasteiger partial charge on any atom is 0.135 e. The van der Waals surface area contributed by atoms with Gasteiger partial charge in [-0.2, -0.15) is 0 Å². The minimum Gasteiger partial charge on any atom is -0.394 e. The molecule has 0 bridgehead atoms. The van der Waals surface area contributed by atoms with E-state index in [1.165, 1.54) is 0 Å². The van der Waals surface area contributed by atoms with Crippen LogP contribution in [0.2, 0.25) is 0 Å². The summed E-state index contributed by atoms with van der Waals surface area (Å²) >= 11 is 0. The molecule has 94 valence electrons. The lowest BCUT2D eigenvalue weighted by molar-refractivity contribution is 0.266.